The lowest BCUT2D eigenvalue weighted by atomic mass is 10.2. The van der Waals surface area contributed by atoms with Gasteiger partial charge in [0.15, 0.2) is 0 Å². The molecule has 0 atom stereocenters. The molecule has 0 aromatic rings. The lowest BCUT2D eigenvalue weighted by Crippen LogP contribution is -2.29. The molecule has 0 fully saturated rings. The van der Waals surface area contributed by atoms with Crippen molar-refractivity contribution in [1.82, 2.24) is 5.32 Å². The van der Waals surface area contributed by atoms with Gasteiger partial charge in [0.2, 0.25) is 5.91 Å². The number of carbonyl (C=O) groups is 2. The van der Waals surface area contributed by atoms with E-state index < -0.39 is 5.97 Å². The minimum atomic E-state index is -0.887. The molecule has 0 aliphatic rings. The first-order valence-corrected chi connectivity index (χ1v) is 5.24. The normalized spacial score (nSPS) is 10.1. The fourth-order valence-electron chi connectivity index (χ4n) is 0.600. The van der Waals surface area contributed by atoms with E-state index in [1.807, 2.05) is 13.8 Å². The van der Waals surface area contributed by atoms with E-state index >= 15 is 0 Å². The van der Waals surface area contributed by atoms with E-state index in [0.29, 0.717) is 12.5 Å². The Balaban J connectivity index is 3.35. The van der Waals surface area contributed by atoms with E-state index in [1.54, 1.807) is 0 Å². The number of nitrogens with one attached hydrogen (secondary N) is 1. The number of carboxylic acid groups (broad SMARTS) is 1. The Morgan fingerprint density at radius 3 is 2.46 bits per heavy atom. The zero-order chi connectivity index (χ0) is 10.3. The molecule has 0 aliphatic carbocycles. The number of aliphatic carboxylic acids is 1. The van der Waals surface area contributed by atoms with E-state index in [2.05, 4.69) is 5.32 Å². The van der Waals surface area contributed by atoms with E-state index in [1.165, 1.54) is 0 Å². The number of thioether (sulfide) groups is 1. The first kappa shape index (κ1) is 12.3. The summed E-state index contributed by atoms with van der Waals surface area (Å²) in [4.78, 5) is 21.1. The van der Waals surface area contributed by atoms with Crippen LogP contribution < -0.4 is 5.32 Å². The average molecular weight is 205 g/mol. The monoisotopic (exact) mass is 205 g/mol. The zero-order valence-corrected chi connectivity index (χ0v) is 8.69. The molecule has 0 aliphatic heterocycles. The van der Waals surface area contributed by atoms with Crippen LogP contribution in [0, 0.1) is 5.92 Å². The van der Waals surface area contributed by atoms with Gasteiger partial charge in [0.1, 0.15) is 0 Å². The largest absolute Gasteiger partial charge is 0.481 e. The van der Waals surface area contributed by atoms with Crippen LogP contribution in [0.4, 0.5) is 0 Å². The van der Waals surface area contributed by atoms with Crippen molar-refractivity contribution in [3.63, 3.8) is 0 Å². The zero-order valence-electron chi connectivity index (χ0n) is 7.87. The summed E-state index contributed by atoms with van der Waals surface area (Å²) < 4.78 is 0. The van der Waals surface area contributed by atoms with Crippen LogP contribution in [0.1, 0.15) is 13.8 Å². The van der Waals surface area contributed by atoms with Crippen LogP contribution in [-0.2, 0) is 9.59 Å². The number of carboxylic acids is 1. The van der Waals surface area contributed by atoms with Gasteiger partial charge in [-0.1, -0.05) is 13.8 Å². The molecule has 0 spiro atoms. The summed E-state index contributed by atoms with van der Waals surface area (Å²) in [6.07, 6.45) is 0. The van der Waals surface area contributed by atoms with Crippen molar-refractivity contribution >= 4 is 23.6 Å². The molecule has 13 heavy (non-hydrogen) atoms. The smallest absolute Gasteiger partial charge is 0.313 e. The van der Waals surface area contributed by atoms with Gasteiger partial charge in [0, 0.05) is 6.54 Å². The van der Waals surface area contributed by atoms with Crippen molar-refractivity contribution in [3.05, 3.63) is 0 Å². The fraction of sp³-hybridized carbons (Fsp3) is 0.750. The highest BCUT2D eigenvalue weighted by atomic mass is 32.2. The highest BCUT2D eigenvalue weighted by Gasteiger charge is 2.03. The van der Waals surface area contributed by atoms with Gasteiger partial charge in [-0.05, 0) is 5.92 Å². The van der Waals surface area contributed by atoms with Crippen LogP contribution in [0.5, 0.6) is 0 Å². The van der Waals surface area contributed by atoms with Gasteiger partial charge in [-0.3, -0.25) is 9.59 Å². The van der Waals surface area contributed by atoms with Crippen LogP contribution >= 0.6 is 11.8 Å². The van der Waals surface area contributed by atoms with E-state index in [4.69, 9.17) is 5.11 Å². The molecule has 0 unspecified atom stereocenters. The molecule has 0 aromatic heterocycles. The molecule has 1 amide bonds. The molecule has 0 bridgehead atoms. The molecule has 76 valence electrons. The number of hydrogen-bond acceptors (Lipinski definition) is 3. The third kappa shape index (κ3) is 9.20. The topological polar surface area (TPSA) is 66.4 Å². The molecule has 0 heterocycles. The third-order valence-electron chi connectivity index (χ3n) is 1.17. The van der Waals surface area contributed by atoms with Gasteiger partial charge in [-0.25, -0.2) is 0 Å². The molecule has 0 rings (SSSR count). The highest BCUT2D eigenvalue weighted by Crippen LogP contribution is 1.98. The molecular formula is C8H15NO3S. The summed E-state index contributed by atoms with van der Waals surface area (Å²) in [5, 5.41) is 11.0. The summed E-state index contributed by atoms with van der Waals surface area (Å²) in [5.74, 6) is -0.358. The minimum Gasteiger partial charge on any atom is -0.481 e. The molecular weight excluding hydrogens is 190 g/mol. The first-order valence-electron chi connectivity index (χ1n) is 4.08. The standard InChI is InChI=1S/C8H15NO3S/c1-6(2)3-9-7(10)4-13-5-8(11)12/h6H,3-5H2,1-2H3,(H,9,10)(H,11,12). The predicted molar refractivity (Wildman–Crippen MR) is 52.8 cm³/mol. The van der Waals surface area contributed by atoms with Crippen molar-refractivity contribution in [1.29, 1.82) is 0 Å². The lowest BCUT2D eigenvalue weighted by molar-refractivity contribution is -0.133. The third-order valence-corrected chi connectivity index (χ3v) is 2.08. The maximum atomic E-state index is 11.0. The number of rotatable bonds is 6. The van der Waals surface area contributed by atoms with Crippen LogP contribution in [0.25, 0.3) is 0 Å². The first-order chi connectivity index (χ1) is 6.02. The molecule has 0 radical (unpaired) electrons. The predicted octanol–water partition coefficient (Wildman–Crippen LogP) is 0.576. The maximum absolute atomic E-state index is 11.0. The fourth-order valence-corrected chi connectivity index (χ4v) is 1.16. The van der Waals surface area contributed by atoms with Gasteiger partial charge in [0.25, 0.3) is 0 Å². The second-order valence-corrected chi connectivity index (χ2v) is 4.07. The van der Waals surface area contributed by atoms with Crippen molar-refractivity contribution in [3.8, 4) is 0 Å². The van der Waals surface area contributed by atoms with Crippen molar-refractivity contribution in [2.75, 3.05) is 18.1 Å². The Bertz CT molecular complexity index is 182. The van der Waals surface area contributed by atoms with Gasteiger partial charge in [-0.2, -0.15) is 0 Å². The maximum Gasteiger partial charge on any atom is 0.313 e. The highest BCUT2D eigenvalue weighted by molar-refractivity contribution is 8.00. The molecule has 0 saturated heterocycles. The van der Waals surface area contributed by atoms with Crippen molar-refractivity contribution in [2.24, 2.45) is 5.92 Å². The van der Waals surface area contributed by atoms with E-state index in [9.17, 15) is 9.59 Å². The summed E-state index contributed by atoms with van der Waals surface area (Å²) >= 11 is 1.11. The van der Waals surface area contributed by atoms with Crippen LogP contribution in [0.15, 0.2) is 0 Å². The molecule has 0 aromatic carbocycles. The summed E-state index contributed by atoms with van der Waals surface area (Å²) in [7, 11) is 0. The Labute approximate surface area is 82.1 Å². The van der Waals surface area contributed by atoms with Crippen molar-refractivity contribution < 1.29 is 14.7 Å². The lowest BCUT2D eigenvalue weighted by Gasteiger charge is -2.06. The molecule has 5 heteroatoms. The Kier molecular flexibility index (Phi) is 6.40. The van der Waals surface area contributed by atoms with Gasteiger partial charge in [-0.15, -0.1) is 11.8 Å². The number of hydrogen-bond donors (Lipinski definition) is 2. The Hall–Kier alpha value is -0.710. The minimum absolute atomic E-state index is 0.0188. The second-order valence-electron chi connectivity index (χ2n) is 3.08. The Morgan fingerprint density at radius 1 is 1.38 bits per heavy atom. The quantitative estimate of drug-likeness (QED) is 0.665. The van der Waals surface area contributed by atoms with Gasteiger partial charge in [0.05, 0.1) is 11.5 Å². The number of amides is 1. The van der Waals surface area contributed by atoms with E-state index in [0.717, 1.165) is 11.8 Å². The summed E-state index contributed by atoms with van der Waals surface area (Å²) in [6, 6.07) is 0. The van der Waals surface area contributed by atoms with Gasteiger partial charge < -0.3 is 10.4 Å². The SMILES string of the molecule is CC(C)CNC(=O)CSCC(=O)O. The Morgan fingerprint density at radius 2 is 2.00 bits per heavy atom. The summed E-state index contributed by atoms with van der Waals surface area (Å²) in [6.45, 7) is 4.65. The second kappa shape index (κ2) is 6.77. The van der Waals surface area contributed by atoms with Crippen molar-refractivity contribution in [2.45, 2.75) is 13.8 Å². The van der Waals surface area contributed by atoms with Crippen LogP contribution in [0.2, 0.25) is 0 Å². The number of carbonyl (C=O) groups excluding carboxylic acids is 1. The van der Waals surface area contributed by atoms with E-state index in [-0.39, 0.29) is 17.4 Å². The molecule has 2 N–H and O–H groups in total. The molecule has 4 nitrogen and oxygen atoms in total. The van der Waals surface area contributed by atoms with Gasteiger partial charge >= 0.3 is 5.97 Å². The molecule has 0 saturated carbocycles. The van der Waals surface area contributed by atoms with Crippen LogP contribution in [0.3, 0.4) is 0 Å². The average Bonchev–Trinajstić information content (AvgIpc) is 2.00. The summed E-state index contributed by atoms with van der Waals surface area (Å²) in [5.41, 5.74) is 0. The van der Waals surface area contributed by atoms with Crippen LogP contribution in [-0.4, -0.2) is 35.0 Å².